The van der Waals surface area contributed by atoms with Crippen molar-refractivity contribution in [3.63, 3.8) is 0 Å². The van der Waals surface area contributed by atoms with Gasteiger partial charge in [0.1, 0.15) is 0 Å². The van der Waals surface area contributed by atoms with Crippen LogP contribution in [0, 0.1) is 13.8 Å². The number of rotatable bonds is 5. The van der Waals surface area contributed by atoms with E-state index in [4.69, 9.17) is 0 Å². The van der Waals surface area contributed by atoms with Crippen LogP contribution in [0.1, 0.15) is 11.1 Å². The molecule has 1 aliphatic heterocycles. The summed E-state index contributed by atoms with van der Waals surface area (Å²) in [6.07, 6.45) is 0. The van der Waals surface area contributed by atoms with Crippen molar-refractivity contribution in [2.45, 2.75) is 13.8 Å². The van der Waals surface area contributed by atoms with Gasteiger partial charge in [0.2, 0.25) is 11.8 Å². The highest BCUT2D eigenvalue weighted by Gasteiger charge is 2.18. The van der Waals surface area contributed by atoms with Gasteiger partial charge in [0.15, 0.2) is 0 Å². The van der Waals surface area contributed by atoms with E-state index in [1.807, 2.05) is 36.9 Å². The Morgan fingerprint density at radius 3 is 2.57 bits per heavy atom. The molecule has 6 nitrogen and oxygen atoms in total. The zero-order valence-corrected chi connectivity index (χ0v) is 14.2. The van der Waals surface area contributed by atoms with Crippen LogP contribution in [0.4, 0.5) is 5.69 Å². The minimum atomic E-state index is -0.104. The summed E-state index contributed by atoms with van der Waals surface area (Å²) in [5.74, 6) is -0.0270. The van der Waals surface area contributed by atoms with Gasteiger partial charge in [-0.05, 0) is 32.5 Å². The molecule has 1 fully saturated rings. The topological polar surface area (TPSA) is 64.7 Å². The molecule has 2 rings (SSSR count). The Bertz CT molecular complexity index is 568. The molecule has 1 aromatic carbocycles. The molecule has 0 aliphatic carbocycles. The highest BCUT2D eigenvalue weighted by molar-refractivity contribution is 5.93. The van der Waals surface area contributed by atoms with E-state index in [2.05, 4.69) is 10.6 Å². The van der Waals surface area contributed by atoms with Gasteiger partial charge in [-0.1, -0.05) is 17.7 Å². The average Bonchev–Trinajstić information content (AvgIpc) is 2.50. The number of nitrogens with one attached hydrogen (secondary N) is 2. The third-order valence-electron chi connectivity index (χ3n) is 3.94. The molecule has 1 aromatic rings. The van der Waals surface area contributed by atoms with Crippen LogP contribution in [0.3, 0.4) is 0 Å². The van der Waals surface area contributed by atoms with Crippen molar-refractivity contribution in [1.82, 2.24) is 15.1 Å². The van der Waals surface area contributed by atoms with Crippen molar-refractivity contribution in [3.8, 4) is 0 Å². The molecule has 126 valence electrons. The van der Waals surface area contributed by atoms with E-state index in [-0.39, 0.29) is 24.9 Å². The molecule has 0 unspecified atom stereocenters. The van der Waals surface area contributed by atoms with Crippen molar-refractivity contribution >= 4 is 17.5 Å². The first-order valence-electron chi connectivity index (χ1n) is 8.00. The van der Waals surface area contributed by atoms with Gasteiger partial charge in [-0.15, -0.1) is 0 Å². The van der Waals surface area contributed by atoms with Crippen LogP contribution in [-0.2, 0) is 9.59 Å². The summed E-state index contributed by atoms with van der Waals surface area (Å²) in [5.41, 5.74) is 3.03. The molecule has 1 heterocycles. The molecule has 0 radical (unpaired) electrons. The van der Waals surface area contributed by atoms with Gasteiger partial charge in [0.05, 0.1) is 13.1 Å². The molecule has 2 amide bonds. The summed E-state index contributed by atoms with van der Waals surface area (Å²) in [6, 6.07) is 5.92. The predicted molar refractivity (Wildman–Crippen MR) is 91.5 cm³/mol. The molecule has 0 aromatic heterocycles. The van der Waals surface area contributed by atoms with Crippen LogP contribution in [0.5, 0.6) is 0 Å². The van der Waals surface area contributed by atoms with Crippen molar-refractivity contribution in [2.24, 2.45) is 0 Å². The van der Waals surface area contributed by atoms with Gasteiger partial charge in [0, 0.05) is 31.9 Å². The molecule has 0 spiro atoms. The van der Waals surface area contributed by atoms with Crippen LogP contribution < -0.4 is 10.6 Å². The minimum absolute atomic E-state index is 0.0771. The van der Waals surface area contributed by atoms with Crippen LogP contribution >= 0.6 is 0 Å². The second kappa shape index (κ2) is 8.08. The highest BCUT2D eigenvalue weighted by Crippen LogP contribution is 2.15. The zero-order valence-electron chi connectivity index (χ0n) is 14.2. The molecule has 1 aliphatic rings. The summed E-state index contributed by atoms with van der Waals surface area (Å²) < 4.78 is 0. The molecule has 0 atom stereocenters. The van der Waals surface area contributed by atoms with Crippen molar-refractivity contribution in [3.05, 3.63) is 29.3 Å². The number of carbonyl (C=O) groups is 2. The zero-order chi connectivity index (χ0) is 16.8. The van der Waals surface area contributed by atoms with Crippen molar-refractivity contribution in [2.75, 3.05) is 51.6 Å². The summed E-state index contributed by atoms with van der Waals surface area (Å²) in [6.45, 7) is 7.61. The van der Waals surface area contributed by atoms with E-state index in [1.54, 1.807) is 11.9 Å². The molecule has 6 heteroatoms. The number of nitrogens with zero attached hydrogens (tertiary/aromatic N) is 2. The second-order valence-corrected chi connectivity index (χ2v) is 6.17. The van der Waals surface area contributed by atoms with E-state index < -0.39 is 0 Å². The Labute approximate surface area is 137 Å². The predicted octanol–water partition coefficient (Wildman–Crippen LogP) is 0.606. The van der Waals surface area contributed by atoms with E-state index >= 15 is 0 Å². The van der Waals surface area contributed by atoms with Gasteiger partial charge in [-0.3, -0.25) is 14.5 Å². The van der Waals surface area contributed by atoms with Crippen LogP contribution in [-0.4, -0.2) is 67.9 Å². The maximum Gasteiger partial charge on any atom is 0.238 e. The van der Waals surface area contributed by atoms with Crippen LogP contribution in [0.15, 0.2) is 18.2 Å². The average molecular weight is 318 g/mol. The Balaban J connectivity index is 1.81. The maximum atomic E-state index is 12.2. The van der Waals surface area contributed by atoms with Crippen molar-refractivity contribution < 1.29 is 9.59 Å². The minimum Gasteiger partial charge on any atom is -0.339 e. The number of hydrogen-bond donors (Lipinski definition) is 2. The Hall–Kier alpha value is -1.92. The Morgan fingerprint density at radius 1 is 1.22 bits per heavy atom. The summed E-state index contributed by atoms with van der Waals surface area (Å²) in [5, 5.41) is 6.13. The summed E-state index contributed by atoms with van der Waals surface area (Å²) >= 11 is 0. The lowest BCUT2D eigenvalue weighted by Gasteiger charge is -2.29. The van der Waals surface area contributed by atoms with Gasteiger partial charge in [-0.25, -0.2) is 0 Å². The standard InChI is InChI=1S/C17H26N4O2/c1-13-4-5-15(14(2)10-13)19-16(22)11-20(3)12-17(23)21-8-6-18-7-9-21/h4-5,10,18H,6-9,11-12H2,1-3H3,(H,19,22). The van der Waals surface area contributed by atoms with Gasteiger partial charge in [0.25, 0.3) is 0 Å². The fourth-order valence-corrected chi connectivity index (χ4v) is 2.69. The number of carbonyl (C=O) groups excluding carboxylic acids is 2. The van der Waals surface area contributed by atoms with E-state index in [1.165, 1.54) is 5.56 Å². The van der Waals surface area contributed by atoms with Crippen molar-refractivity contribution in [1.29, 1.82) is 0 Å². The quantitative estimate of drug-likeness (QED) is 0.835. The molecular weight excluding hydrogens is 292 g/mol. The lowest BCUT2D eigenvalue weighted by atomic mass is 10.1. The number of anilines is 1. The van der Waals surface area contributed by atoms with Crippen LogP contribution in [0.25, 0.3) is 0 Å². The number of benzene rings is 1. The first-order valence-corrected chi connectivity index (χ1v) is 8.00. The summed E-state index contributed by atoms with van der Waals surface area (Å²) in [7, 11) is 1.79. The monoisotopic (exact) mass is 318 g/mol. The van der Waals surface area contributed by atoms with Crippen LogP contribution in [0.2, 0.25) is 0 Å². The molecular formula is C17H26N4O2. The highest BCUT2D eigenvalue weighted by atomic mass is 16.2. The normalized spacial score (nSPS) is 14.9. The third-order valence-corrected chi connectivity index (χ3v) is 3.94. The lowest BCUT2D eigenvalue weighted by Crippen LogP contribution is -2.49. The second-order valence-electron chi connectivity index (χ2n) is 6.17. The third kappa shape index (κ3) is 5.33. The molecule has 23 heavy (non-hydrogen) atoms. The fraction of sp³-hybridized carbons (Fsp3) is 0.529. The number of piperazine rings is 1. The number of hydrogen-bond acceptors (Lipinski definition) is 4. The first-order chi connectivity index (χ1) is 11.0. The largest absolute Gasteiger partial charge is 0.339 e. The SMILES string of the molecule is Cc1ccc(NC(=O)CN(C)CC(=O)N2CCNCC2)c(C)c1. The molecule has 1 saturated heterocycles. The summed E-state index contributed by atoms with van der Waals surface area (Å²) in [4.78, 5) is 27.9. The maximum absolute atomic E-state index is 12.2. The smallest absolute Gasteiger partial charge is 0.238 e. The molecule has 0 saturated carbocycles. The molecule has 2 N–H and O–H groups in total. The fourth-order valence-electron chi connectivity index (χ4n) is 2.69. The Morgan fingerprint density at radius 2 is 1.91 bits per heavy atom. The molecule has 0 bridgehead atoms. The Kier molecular flexibility index (Phi) is 6.12. The van der Waals surface area contributed by atoms with E-state index in [0.717, 1.165) is 37.4 Å². The van der Waals surface area contributed by atoms with Gasteiger partial charge in [-0.2, -0.15) is 0 Å². The van der Waals surface area contributed by atoms with E-state index in [9.17, 15) is 9.59 Å². The lowest BCUT2D eigenvalue weighted by molar-refractivity contribution is -0.133. The number of aryl methyl sites for hydroxylation is 2. The number of likely N-dealkylation sites (N-methyl/N-ethyl adjacent to an activating group) is 1. The van der Waals surface area contributed by atoms with Gasteiger partial charge >= 0.3 is 0 Å². The van der Waals surface area contributed by atoms with Gasteiger partial charge < -0.3 is 15.5 Å². The first kappa shape index (κ1) is 17.4. The number of amides is 2. The van der Waals surface area contributed by atoms with E-state index in [0.29, 0.717) is 0 Å².